The molecule has 0 aromatic heterocycles. The SMILES string of the molecule is CN(C)c1ccc(N2C(=NC(=O)[C@H](Cc3ccccc3)NC(=O)OC(C)(C)C)S[C@@H]3CS(=O)(=O)C[C@H]32)cc1. The number of anilines is 2. The van der Waals surface area contributed by atoms with Crippen LogP contribution in [-0.4, -0.2) is 74.1 Å². The monoisotopic (exact) mass is 558 g/mol. The molecule has 2 aliphatic rings. The van der Waals surface area contributed by atoms with Crippen molar-refractivity contribution < 1.29 is 22.7 Å². The second-order valence-corrected chi connectivity index (χ2v) is 14.1. The van der Waals surface area contributed by atoms with Crippen LogP contribution in [0.5, 0.6) is 0 Å². The Morgan fingerprint density at radius 1 is 1.11 bits per heavy atom. The number of nitrogens with zero attached hydrogens (tertiary/aromatic N) is 3. The Kier molecular flexibility index (Phi) is 8.08. The van der Waals surface area contributed by atoms with Crippen molar-refractivity contribution in [2.45, 2.75) is 50.1 Å². The van der Waals surface area contributed by atoms with Gasteiger partial charge in [-0.15, -0.1) is 0 Å². The smallest absolute Gasteiger partial charge is 0.408 e. The molecule has 2 saturated heterocycles. The van der Waals surface area contributed by atoms with Crippen molar-refractivity contribution >= 4 is 50.1 Å². The first-order valence-corrected chi connectivity index (χ1v) is 15.1. The second-order valence-electron chi connectivity index (χ2n) is 10.7. The fourth-order valence-corrected chi connectivity index (χ4v) is 8.37. The number of sulfone groups is 1. The van der Waals surface area contributed by atoms with Crippen LogP contribution in [0.1, 0.15) is 26.3 Å². The molecule has 2 fully saturated rings. The number of benzene rings is 2. The van der Waals surface area contributed by atoms with Crippen LogP contribution < -0.4 is 15.1 Å². The van der Waals surface area contributed by atoms with Crippen molar-refractivity contribution in [2.75, 3.05) is 35.4 Å². The maximum atomic E-state index is 13.5. The van der Waals surface area contributed by atoms with E-state index in [1.807, 2.05) is 78.5 Å². The predicted octanol–water partition coefficient (Wildman–Crippen LogP) is 3.49. The first kappa shape index (κ1) is 28.0. The number of carbonyl (C=O) groups excluding carboxylic acids is 2. The summed E-state index contributed by atoms with van der Waals surface area (Å²) in [6, 6.07) is 15.8. The van der Waals surface area contributed by atoms with E-state index in [0.29, 0.717) is 5.17 Å². The van der Waals surface area contributed by atoms with Gasteiger partial charge in [0, 0.05) is 37.1 Å². The van der Waals surface area contributed by atoms with E-state index < -0.39 is 33.5 Å². The maximum absolute atomic E-state index is 13.5. The molecule has 0 radical (unpaired) electrons. The zero-order valence-electron chi connectivity index (χ0n) is 22.2. The molecule has 2 aromatic carbocycles. The third kappa shape index (κ3) is 6.87. The Hall–Kier alpha value is -3.05. The van der Waals surface area contributed by atoms with Gasteiger partial charge in [0.2, 0.25) is 0 Å². The quantitative estimate of drug-likeness (QED) is 0.574. The molecule has 0 unspecified atom stereocenters. The molecule has 11 heteroatoms. The average Bonchev–Trinajstić information content (AvgIpc) is 3.28. The van der Waals surface area contributed by atoms with Gasteiger partial charge in [-0.3, -0.25) is 4.79 Å². The molecule has 2 aliphatic heterocycles. The van der Waals surface area contributed by atoms with E-state index in [1.165, 1.54) is 11.8 Å². The number of ether oxygens (including phenoxy) is 1. The molecule has 2 heterocycles. The van der Waals surface area contributed by atoms with E-state index in [9.17, 15) is 18.0 Å². The average molecular weight is 559 g/mol. The normalized spacial score (nSPS) is 22.1. The van der Waals surface area contributed by atoms with Gasteiger partial charge in [-0.2, -0.15) is 4.99 Å². The van der Waals surface area contributed by atoms with Crippen LogP contribution >= 0.6 is 11.8 Å². The molecule has 0 spiro atoms. The standard InChI is InChI=1S/C27H34N4O5S2/c1-27(2,3)36-26(33)28-21(15-18-9-7-6-8-10-18)24(32)29-25-31(20-13-11-19(12-14-20)30(4)5)22-16-38(34,35)17-23(22)37-25/h6-14,21-23H,15-17H2,1-5H3,(H,28,33)/t21-,22+,23+/m0/s1. The van der Waals surface area contributed by atoms with E-state index >= 15 is 0 Å². The Morgan fingerprint density at radius 3 is 2.37 bits per heavy atom. The van der Waals surface area contributed by atoms with Gasteiger partial charge in [-0.05, 0) is 50.6 Å². The highest BCUT2D eigenvalue weighted by Gasteiger charge is 2.49. The zero-order valence-corrected chi connectivity index (χ0v) is 23.9. The fraction of sp³-hybridized carbons (Fsp3) is 0.444. The van der Waals surface area contributed by atoms with Crippen molar-refractivity contribution in [1.82, 2.24) is 5.32 Å². The van der Waals surface area contributed by atoms with Gasteiger partial charge in [0.15, 0.2) is 15.0 Å². The van der Waals surface area contributed by atoms with Gasteiger partial charge in [-0.1, -0.05) is 42.1 Å². The Labute approximate surface area is 228 Å². The minimum absolute atomic E-state index is 0.00306. The van der Waals surface area contributed by atoms with Crippen molar-refractivity contribution in [3.8, 4) is 0 Å². The van der Waals surface area contributed by atoms with E-state index in [0.717, 1.165) is 16.9 Å². The predicted molar refractivity (Wildman–Crippen MR) is 153 cm³/mol. The van der Waals surface area contributed by atoms with E-state index in [2.05, 4.69) is 10.3 Å². The van der Waals surface area contributed by atoms with Gasteiger partial charge in [0.05, 0.1) is 17.5 Å². The zero-order chi connectivity index (χ0) is 27.7. The molecule has 1 N–H and O–H groups in total. The number of alkyl carbamates (subject to hydrolysis) is 1. The minimum Gasteiger partial charge on any atom is -0.444 e. The third-order valence-corrected chi connectivity index (χ3v) is 9.40. The lowest BCUT2D eigenvalue weighted by Crippen LogP contribution is -2.45. The fourth-order valence-electron chi connectivity index (χ4n) is 4.45. The molecule has 0 saturated carbocycles. The van der Waals surface area contributed by atoms with E-state index in [1.54, 1.807) is 20.8 Å². The number of amides is 2. The minimum atomic E-state index is -3.19. The summed E-state index contributed by atoms with van der Waals surface area (Å²) in [7, 11) is 0.687. The first-order valence-electron chi connectivity index (χ1n) is 12.4. The topological polar surface area (TPSA) is 108 Å². The van der Waals surface area contributed by atoms with Crippen LogP contribution in [0.4, 0.5) is 16.2 Å². The lowest BCUT2D eigenvalue weighted by atomic mass is 10.1. The number of nitrogens with one attached hydrogen (secondary N) is 1. The van der Waals surface area contributed by atoms with Crippen molar-refractivity contribution in [3.05, 3.63) is 60.2 Å². The molecule has 2 amide bonds. The van der Waals surface area contributed by atoms with Gasteiger partial charge < -0.3 is 19.9 Å². The molecule has 4 rings (SSSR count). The summed E-state index contributed by atoms with van der Waals surface area (Å²) in [5.41, 5.74) is 1.89. The highest BCUT2D eigenvalue weighted by Crippen LogP contribution is 2.41. The largest absolute Gasteiger partial charge is 0.444 e. The Bertz CT molecular complexity index is 1310. The van der Waals surface area contributed by atoms with Crippen LogP contribution in [0.2, 0.25) is 0 Å². The number of carbonyl (C=O) groups is 2. The Morgan fingerprint density at radius 2 is 1.76 bits per heavy atom. The summed E-state index contributed by atoms with van der Waals surface area (Å²) < 4.78 is 30.2. The van der Waals surface area contributed by atoms with Gasteiger partial charge in [-0.25, -0.2) is 13.2 Å². The molecule has 204 valence electrons. The molecule has 2 aromatic rings. The molecule has 0 aliphatic carbocycles. The summed E-state index contributed by atoms with van der Waals surface area (Å²) in [5, 5.41) is 2.89. The van der Waals surface area contributed by atoms with E-state index in [-0.39, 0.29) is 29.2 Å². The summed E-state index contributed by atoms with van der Waals surface area (Å²) >= 11 is 1.30. The first-order chi connectivity index (χ1) is 17.8. The molecular formula is C27H34N4O5S2. The third-order valence-electron chi connectivity index (χ3n) is 6.19. The molecule has 38 heavy (non-hydrogen) atoms. The van der Waals surface area contributed by atoms with Gasteiger partial charge in [0.25, 0.3) is 5.91 Å². The number of hydrogen-bond donors (Lipinski definition) is 1. The van der Waals surface area contributed by atoms with Crippen LogP contribution in [0, 0.1) is 0 Å². The van der Waals surface area contributed by atoms with Crippen LogP contribution in [-0.2, 0) is 25.8 Å². The Balaban J connectivity index is 1.65. The van der Waals surface area contributed by atoms with Gasteiger partial charge in [0.1, 0.15) is 11.6 Å². The lowest BCUT2D eigenvalue weighted by Gasteiger charge is -2.26. The number of aliphatic imine (C=N–C) groups is 1. The number of thioether (sulfide) groups is 1. The number of hydrogen-bond acceptors (Lipinski definition) is 7. The molecule has 3 atom stereocenters. The summed E-state index contributed by atoms with van der Waals surface area (Å²) in [6.45, 7) is 5.26. The van der Waals surface area contributed by atoms with Crippen molar-refractivity contribution in [3.63, 3.8) is 0 Å². The lowest BCUT2D eigenvalue weighted by molar-refractivity contribution is -0.119. The highest BCUT2D eigenvalue weighted by atomic mass is 32.2. The number of rotatable bonds is 6. The van der Waals surface area contributed by atoms with Crippen molar-refractivity contribution in [1.29, 1.82) is 0 Å². The molecule has 9 nitrogen and oxygen atoms in total. The summed E-state index contributed by atoms with van der Waals surface area (Å²) in [5.74, 6) is -0.498. The van der Waals surface area contributed by atoms with Crippen LogP contribution in [0.25, 0.3) is 0 Å². The van der Waals surface area contributed by atoms with Crippen LogP contribution in [0.3, 0.4) is 0 Å². The highest BCUT2D eigenvalue weighted by molar-refractivity contribution is 8.16. The molecule has 0 bridgehead atoms. The second kappa shape index (κ2) is 11.0. The van der Waals surface area contributed by atoms with Crippen molar-refractivity contribution in [2.24, 2.45) is 4.99 Å². The summed E-state index contributed by atoms with van der Waals surface area (Å²) in [6.07, 6.45) is -0.468. The molecular weight excluding hydrogens is 524 g/mol. The van der Waals surface area contributed by atoms with Gasteiger partial charge >= 0.3 is 6.09 Å². The van der Waals surface area contributed by atoms with Crippen LogP contribution in [0.15, 0.2) is 59.6 Å². The maximum Gasteiger partial charge on any atom is 0.408 e. The van der Waals surface area contributed by atoms with E-state index in [4.69, 9.17) is 4.74 Å². The number of amidine groups is 1. The summed E-state index contributed by atoms with van der Waals surface area (Å²) in [4.78, 5) is 34.4. The number of fused-ring (bicyclic) bond motifs is 1.